The van der Waals surface area contributed by atoms with Crippen LogP contribution < -0.4 is 10.1 Å². The van der Waals surface area contributed by atoms with Crippen LogP contribution in [0.1, 0.15) is 30.6 Å². The van der Waals surface area contributed by atoms with Crippen molar-refractivity contribution in [3.05, 3.63) is 30.1 Å². The highest BCUT2D eigenvalue weighted by Gasteiger charge is 2.33. The van der Waals surface area contributed by atoms with Gasteiger partial charge in [0.1, 0.15) is 23.3 Å². The highest BCUT2D eigenvalue weighted by Crippen LogP contribution is 2.23. The number of aromatic nitrogens is 4. The lowest BCUT2D eigenvalue weighted by molar-refractivity contribution is -0.143. The number of rotatable bonds is 6. The van der Waals surface area contributed by atoms with Gasteiger partial charge in [0.15, 0.2) is 0 Å². The number of hydrogen-bond donors (Lipinski definition) is 2. The first kappa shape index (κ1) is 16.4. The molecule has 2 aromatic rings. The van der Waals surface area contributed by atoms with Gasteiger partial charge in [-0.1, -0.05) is 6.92 Å². The smallest absolute Gasteiger partial charge is 0.329 e. The molecule has 23 heavy (non-hydrogen) atoms. The van der Waals surface area contributed by atoms with Crippen molar-refractivity contribution in [1.29, 1.82) is 0 Å². The molecule has 0 aliphatic rings. The maximum absolute atomic E-state index is 12.4. The zero-order chi connectivity index (χ0) is 17.0. The SMILES string of the molecule is CCC(C)(NC(=O)c1ccc(OC)c(-n2cnnn2)c1)C(=O)O. The van der Waals surface area contributed by atoms with Gasteiger partial charge in [-0.3, -0.25) is 4.79 Å². The average Bonchev–Trinajstić information content (AvgIpc) is 3.08. The normalized spacial score (nSPS) is 13.2. The molecule has 122 valence electrons. The standard InChI is InChI=1S/C14H17N5O4/c1-4-14(2,13(21)22)16-12(20)9-5-6-11(23-3)10(7-9)19-8-15-17-18-19/h5-8H,4H2,1-3H3,(H,16,20)(H,21,22). The molecule has 0 fully saturated rings. The van der Waals surface area contributed by atoms with E-state index < -0.39 is 17.4 Å². The van der Waals surface area contributed by atoms with Crippen LogP contribution in [0.5, 0.6) is 5.75 Å². The summed E-state index contributed by atoms with van der Waals surface area (Å²) in [7, 11) is 1.49. The number of amides is 1. The van der Waals surface area contributed by atoms with Crippen LogP contribution in [0.15, 0.2) is 24.5 Å². The van der Waals surface area contributed by atoms with Gasteiger partial charge >= 0.3 is 5.97 Å². The minimum Gasteiger partial charge on any atom is -0.494 e. The van der Waals surface area contributed by atoms with Crippen LogP contribution in [-0.2, 0) is 4.79 Å². The highest BCUT2D eigenvalue weighted by molar-refractivity contribution is 5.98. The van der Waals surface area contributed by atoms with Crippen LogP contribution in [0.25, 0.3) is 5.69 Å². The molecule has 0 spiro atoms. The molecule has 9 nitrogen and oxygen atoms in total. The second-order valence-electron chi connectivity index (χ2n) is 5.09. The van der Waals surface area contributed by atoms with Gasteiger partial charge in [0.2, 0.25) is 0 Å². The van der Waals surface area contributed by atoms with Crippen LogP contribution in [0.2, 0.25) is 0 Å². The summed E-state index contributed by atoms with van der Waals surface area (Å²) in [5.41, 5.74) is -0.595. The molecule has 1 amide bonds. The van der Waals surface area contributed by atoms with E-state index >= 15 is 0 Å². The molecule has 0 saturated heterocycles. The Bertz CT molecular complexity index is 716. The van der Waals surface area contributed by atoms with E-state index in [2.05, 4.69) is 20.8 Å². The van der Waals surface area contributed by atoms with Crippen LogP contribution >= 0.6 is 0 Å². The second kappa shape index (κ2) is 6.42. The maximum Gasteiger partial charge on any atom is 0.329 e. The second-order valence-corrected chi connectivity index (χ2v) is 5.09. The molecule has 2 N–H and O–H groups in total. The van der Waals surface area contributed by atoms with Gasteiger partial charge in [-0.15, -0.1) is 5.10 Å². The van der Waals surface area contributed by atoms with Gasteiger partial charge in [0.25, 0.3) is 5.91 Å². The topological polar surface area (TPSA) is 119 Å². The number of tetrazole rings is 1. The van der Waals surface area contributed by atoms with E-state index in [1.165, 1.54) is 31.1 Å². The van der Waals surface area contributed by atoms with Crippen molar-refractivity contribution in [3.63, 3.8) is 0 Å². The summed E-state index contributed by atoms with van der Waals surface area (Å²) >= 11 is 0. The molecule has 1 heterocycles. The molecule has 9 heteroatoms. The number of hydrogen-bond acceptors (Lipinski definition) is 6. The Kier molecular flexibility index (Phi) is 4.58. The lowest BCUT2D eigenvalue weighted by Gasteiger charge is -2.24. The molecule has 1 aromatic heterocycles. The zero-order valence-corrected chi connectivity index (χ0v) is 13.0. The predicted octanol–water partition coefficient (Wildman–Crippen LogP) is 0.654. The largest absolute Gasteiger partial charge is 0.494 e. The van der Waals surface area contributed by atoms with E-state index in [-0.39, 0.29) is 12.0 Å². The first-order chi connectivity index (χ1) is 10.9. The summed E-state index contributed by atoms with van der Waals surface area (Å²) in [5.74, 6) is -1.12. The summed E-state index contributed by atoms with van der Waals surface area (Å²) in [5, 5.41) is 22.6. The maximum atomic E-state index is 12.4. The van der Waals surface area contributed by atoms with Crippen molar-refractivity contribution < 1.29 is 19.4 Å². The first-order valence-electron chi connectivity index (χ1n) is 6.88. The molecule has 2 rings (SSSR count). The van der Waals surface area contributed by atoms with E-state index in [4.69, 9.17) is 4.74 Å². The number of carbonyl (C=O) groups is 2. The summed E-state index contributed by atoms with van der Waals surface area (Å²) in [6.07, 6.45) is 1.62. The number of aliphatic carboxylic acids is 1. The minimum absolute atomic E-state index is 0.254. The number of nitrogens with zero attached hydrogens (tertiary/aromatic N) is 4. The van der Waals surface area contributed by atoms with E-state index in [0.717, 1.165) is 0 Å². The van der Waals surface area contributed by atoms with Gasteiger partial charge in [0.05, 0.1) is 7.11 Å². The van der Waals surface area contributed by atoms with E-state index in [0.29, 0.717) is 11.4 Å². The van der Waals surface area contributed by atoms with E-state index in [1.54, 1.807) is 19.1 Å². The summed E-state index contributed by atoms with van der Waals surface area (Å²) in [6.45, 7) is 3.15. The van der Waals surface area contributed by atoms with Crippen molar-refractivity contribution in [3.8, 4) is 11.4 Å². The molecule has 0 radical (unpaired) electrons. The molecule has 0 bridgehead atoms. The summed E-state index contributed by atoms with van der Waals surface area (Å²) in [4.78, 5) is 23.7. The fraction of sp³-hybridized carbons (Fsp3) is 0.357. The number of benzene rings is 1. The fourth-order valence-corrected chi connectivity index (χ4v) is 1.90. The molecule has 1 atom stereocenters. The molecular formula is C14H17N5O4. The van der Waals surface area contributed by atoms with Crippen molar-refractivity contribution in [1.82, 2.24) is 25.5 Å². The lowest BCUT2D eigenvalue weighted by atomic mass is 9.98. The highest BCUT2D eigenvalue weighted by atomic mass is 16.5. The third-order valence-electron chi connectivity index (χ3n) is 3.61. The van der Waals surface area contributed by atoms with Crippen LogP contribution in [0, 0.1) is 0 Å². The molecule has 1 aromatic carbocycles. The average molecular weight is 319 g/mol. The van der Waals surface area contributed by atoms with Crippen molar-refractivity contribution >= 4 is 11.9 Å². The zero-order valence-electron chi connectivity index (χ0n) is 13.0. The summed E-state index contributed by atoms with van der Waals surface area (Å²) < 4.78 is 6.57. The predicted molar refractivity (Wildman–Crippen MR) is 79.5 cm³/mol. The Balaban J connectivity index is 2.35. The molecule has 0 saturated carbocycles. The number of ether oxygens (including phenoxy) is 1. The monoisotopic (exact) mass is 319 g/mol. The van der Waals surface area contributed by atoms with E-state index in [1.807, 2.05) is 0 Å². The lowest BCUT2D eigenvalue weighted by Crippen LogP contribution is -2.51. The number of nitrogens with one attached hydrogen (secondary N) is 1. The van der Waals surface area contributed by atoms with Gasteiger partial charge in [-0.2, -0.15) is 4.68 Å². The number of carboxylic acids is 1. The van der Waals surface area contributed by atoms with Crippen molar-refractivity contribution in [2.75, 3.05) is 7.11 Å². The van der Waals surface area contributed by atoms with Crippen LogP contribution in [-0.4, -0.2) is 49.8 Å². The number of carbonyl (C=O) groups excluding carboxylic acids is 1. The van der Waals surface area contributed by atoms with Crippen LogP contribution in [0.4, 0.5) is 0 Å². The third-order valence-corrected chi connectivity index (χ3v) is 3.61. The van der Waals surface area contributed by atoms with Gasteiger partial charge in [-0.25, -0.2) is 4.79 Å². The van der Waals surface area contributed by atoms with Gasteiger partial charge < -0.3 is 15.2 Å². The Morgan fingerprint density at radius 1 is 1.43 bits per heavy atom. The molecule has 0 aliphatic carbocycles. The Morgan fingerprint density at radius 2 is 2.17 bits per heavy atom. The van der Waals surface area contributed by atoms with Crippen molar-refractivity contribution in [2.24, 2.45) is 0 Å². The number of methoxy groups -OCH3 is 1. The van der Waals surface area contributed by atoms with Gasteiger partial charge in [0, 0.05) is 5.56 Å². The summed E-state index contributed by atoms with van der Waals surface area (Å²) in [6, 6.07) is 4.67. The quantitative estimate of drug-likeness (QED) is 0.802. The molecular weight excluding hydrogens is 302 g/mol. The Labute approximate surface area is 132 Å². The Hall–Kier alpha value is -2.97. The molecule has 0 aliphatic heterocycles. The van der Waals surface area contributed by atoms with Crippen molar-refractivity contribution in [2.45, 2.75) is 25.8 Å². The van der Waals surface area contributed by atoms with Gasteiger partial charge in [-0.05, 0) is 42.0 Å². The third kappa shape index (κ3) is 3.28. The number of carboxylic acid groups (broad SMARTS) is 1. The molecule has 1 unspecified atom stereocenters. The minimum atomic E-state index is -1.34. The van der Waals surface area contributed by atoms with Crippen LogP contribution in [0.3, 0.4) is 0 Å². The van der Waals surface area contributed by atoms with E-state index in [9.17, 15) is 14.7 Å². The fourth-order valence-electron chi connectivity index (χ4n) is 1.90. The Morgan fingerprint density at radius 3 is 2.70 bits per heavy atom. The first-order valence-corrected chi connectivity index (χ1v) is 6.88.